The number of halogens is 3. The molecule has 0 bridgehead atoms. The maximum atomic E-state index is 15.8. The Labute approximate surface area is 238 Å². The van der Waals surface area contributed by atoms with E-state index < -0.39 is 28.8 Å². The predicted molar refractivity (Wildman–Crippen MR) is 156 cm³/mol. The number of aromatic amines is 1. The first-order chi connectivity index (χ1) is 19.3. The molecule has 1 aromatic heterocycles. The molecule has 3 N–H and O–H groups in total. The van der Waals surface area contributed by atoms with Crippen molar-refractivity contribution in [3.63, 3.8) is 0 Å². The fourth-order valence-electron chi connectivity index (χ4n) is 5.45. The second-order valence-corrected chi connectivity index (χ2v) is 11.8. The molecule has 10 heteroatoms. The lowest BCUT2D eigenvalue weighted by atomic mass is 9.79. The Morgan fingerprint density at radius 3 is 2.34 bits per heavy atom. The lowest BCUT2D eigenvalue weighted by molar-refractivity contribution is -0.138. The molecule has 1 amide bonds. The third kappa shape index (κ3) is 7.37. The molecule has 2 heterocycles. The summed E-state index contributed by atoms with van der Waals surface area (Å²) >= 11 is 0. The molecular weight excluding hydrogens is 531 g/mol. The fraction of sp³-hybridized carbons (Fsp3) is 0.419. The van der Waals surface area contributed by atoms with Gasteiger partial charge in [-0.05, 0) is 75.9 Å². The van der Waals surface area contributed by atoms with Crippen LogP contribution in [-0.4, -0.2) is 65.9 Å². The van der Waals surface area contributed by atoms with E-state index in [0.717, 1.165) is 5.57 Å². The van der Waals surface area contributed by atoms with E-state index in [1.807, 2.05) is 27.7 Å². The number of likely N-dealkylation sites (N-methyl/N-ethyl adjacent to an activating group) is 1. The van der Waals surface area contributed by atoms with E-state index >= 15 is 8.78 Å². The summed E-state index contributed by atoms with van der Waals surface area (Å²) in [7, 11) is 3.35. The Morgan fingerprint density at radius 1 is 1.05 bits per heavy atom. The maximum Gasteiger partial charge on any atom is 0.245 e. The van der Waals surface area contributed by atoms with Crippen LogP contribution in [0.3, 0.4) is 0 Å². The highest BCUT2D eigenvalue weighted by Gasteiger charge is 2.38. The van der Waals surface area contributed by atoms with Crippen molar-refractivity contribution in [3.8, 4) is 0 Å². The van der Waals surface area contributed by atoms with Crippen molar-refractivity contribution < 1.29 is 22.7 Å². The molecule has 2 aromatic carbocycles. The summed E-state index contributed by atoms with van der Waals surface area (Å²) in [5.74, 6) is -2.15. The number of anilines is 1. The molecule has 1 aliphatic rings. The number of amides is 1. The molecule has 7 nitrogen and oxygen atoms in total. The van der Waals surface area contributed by atoms with Gasteiger partial charge in [-0.25, -0.2) is 8.78 Å². The van der Waals surface area contributed by atoms with E-state index in [-0.39, 0.29) is 16.9 Å². The summed E-state index contributed by atoms with van der Waals surface area (Å²) in [6.45, 7) is 9.22. The molecule has 0 radical (unpaired) electrons. The van der Waals surface area contributed by atoms with E-state index in [4.69, 9.17) is 4.74 Å². The molecule has 1 fully saturated rings. The highest BCUT2D eigenvalue weighted by molar-refractivity contribution is 5.90. The average molecular weight is 570 g/mol. The van der Waals surface area contributed by atoms with Gasteiger partial charge in [0.1, 0.15) is 11.6 Å². The third-order valence-corrected chi connectivity index (χ3v) is 6.87. The van der Waals surface area contributed by atoms with Crippen molar-refractivity contribution in [2.45, 2.75) is 51.7 Å². The van der Waals surface area contributed by atoms with Crippen LogP contribution in [0, 0.1) is 17.6 Å². The van der Waals surface area contributed by atoms with Crippen LogP contribution in [0.15, 0.2) is 48.1 Å². The van der Waals surface area contributed by atoms with Crippen LogP contribution < -0.4 is 10.6 Å². The van der Waals surface area contributed by atoms with Gasteiger partial charge in [0.15, 0.2) is 0 Å². The number of nitrogens with zero attached hydrogens (tertiary/aromatic N) is 2. The normalized spacial score (nSPS) is 16.4. The Morgan fingerprint density at radius 2 is 1.71 bits per heavy atom. The number of benzene rings is 2. The molecule has 4 rings (SSSR count). The Balaban J connectivity index is 1.63. The standard InChI is InChI=1S/C31H38F3N5O2/c1-30(2)17-20(18-31(3,4)41-30)27(19-9-10-25-22(14-19)29(34)38-37-25)28-23(32)15-21(16-24(28)33)36-13-12-35-11-7-8-26(40)39(5)6/h7-10,14-16,35-36H,11-13,17-18H2,1-6H3,(H,37,38)/b8-7+. The number of carbonyl (C=O) groups is 1. The minimum absolute atomic E-state index is 0.104. The number of H-pyrrole nitrogens is 1. The van der Waals surface area contributed by atoms with Gasteiger partial charge in [0.25, 0.3) is 0 Å². The maximum absolute atomic E-state index is 15.8. The zero-order chi connectivity index (χ0) is 29.9. The summed E-state index contributed by atoms with van der Waals surface area (Å²) in [5.41, 5.74) is 1.18. The van der Waals surface area contributed by atoms with Crippen LogP contribution in [0.1, 0.15) is 51.7 Å². The summed E-state index contributed by atoms with van der Waals surface area (Å²) in [6.07, 6.45) is 4.11. The molecule has 0 saturated carbocycles. The molecule has 0 aliphatic carbocycles. The SMILES string of the molecule is CN(C)C(=O)/C=C/CNCCNc1cc(F)c(C(=C2CC(C)(C)OC(C)(C)C2)c2ccc3n[nH]c(F)c3c2)c(F)c1. The van der Waals surface area contributed by atoms with Crippen molar-refractivity contribution >= 4 is 28.1 Å². The van der Waals surface area contributed by atoms with Crippen LogP contribution >= 0.6 is 0 Å². The fourth-order valence-corrected chi connectivity index (χ4v) is 5.45. The van der Waals surface area contributed by atoms with Crippen molar-refractivity contribution in [1.29, 1.82) is 0 Å². The van der Waals surface area contributed by atoms with Gasteiger partial charge in [-0.15, -0.1) is 0 Å². The van der Waals surface area contributed by atoms with Crippen LogP contribution in [0.25, 0.3) is 16.5 Å². The second-order valence-electron chi connectivity index (χ2n) is 11.8. The van der Waals surface area contributed by atoms with Gasteiger partial charge in [-0.1, -0.05) is 17.7 Å². The number of hydrogen-bond donors (Lipinski definition) is 3. The van der Waals surface area contributed by atoms with E-state index in [1.54, 1.807) is 38.4 Å². The Hall–Kier alpha value is -3.63. The lowest BCUT2D eigenvalue weighted by Gasteiger charge is -2.43. The summed E-state index contributed by atoms with van der Waals surface area (Å²) in [5, 5.41) is 12.7. The highest BCUT2D eigenvalue weighted by atomic mass is 19.1. The van der Waals surface area contributed by atoms with Crippen molar-refractivity contribution in [1.82, 2.24) is 20.4 Å². The quantitative estimate of drug-likeness (QED) is 0.224. The number of ether oxygens (including phenoxy) is 1. The lowest BCUT2D eigenvalue weighted by Crippen LogP contribution is -2.42. The topological polar surface area (TPSA) is 82.3 Å². The summed E-state index contributed by atoms with van der Waals surface area (Å²) < 4.78 is 52.4. The van der Waals surface area contributed by atoms with Gasteiger partial charge < -0.3 is 20.3 Å². The summed E-state index contributed by atoms with van der Waals surface area (Å²) in [6, 6.07) is 7.51. The first-order valence-corrected chi connectivity index (χ1v) is 13.6. The molecule has 1 saturated heterocycles. The molecular formula is C31H38F3N5O2. The highest BCUT2D eigenvalue weighted by Crippen LogP contribution is 2.44. The molecule has 3 aromatic rings. The Bertz CT molecular complexity index is 1450. The number of rotatable bonds is 9. The van der Waals surface area contributed by atoms with Crippen molar-refractivity contribution in [2.75, 3.05) is 39.0 Å². The molecule has 41 heavy (non-hydrogen) atoms. The van der Waals surface area contributed by atoms with E-state index in [2.05, 4.69) is 20.8 Å². The van der Waals surface area contributed by atoms with Gasteiger partial charge in [0.2, 0.25) is 11.9 Å². The monoisotopic (exact) mass is 569 g/mol. The number of hydrogen-bond acceptors (Lipinski definition) is 5. The Kier molecular flexibility index (Phi) is 8.94. The first kappa shape index (κ1) is 30.3. The molecule has 0 unspecified atom stereocenters. The number of aromatic nitrogens is 2. The van der Waals surface area contributed by atoms with Crippen LogP contribution in [0.4, 0.5) is 18.9 Å². The number of nitrogens with one attached hydrogen (secondary N) is 3. The van der Waals surface area contributed by atoms with E-state index in [9.17, 15) is 9.18 Å². The minimum atomic E-state index is -0.719. The zero-order valence-corrected chi connectivity index (χ0v) is 24.4. The van der Waals surface area contributed by atoms with Gasteiger partial charge in [-0.2, -0.15) is 9.49 Å². The third-order valence-electron chi connectivity index (χ3n) is 6.87. The van der Waals surface area contributed by atoms with Crippen LogP contribution in [0.2, 0.25) is 0 Å². The first-order valence-electron chi connectivity index (χ1n) is 13.6. The van der Waals surface area contributed by atoms with E-state index in [0.29, 0.717) is 54.8 Å². The van der Waals surface area contributed by atoms with Crippen molar-refractivity contribution in [3.05, 3.63) is 76.8 Å². The minimum Gasteiger partial charge on any atom is -0.384 e. The number of fused-ring (bicyclic) bond motifs is 1. The summed E-state index contributed by atoms with van der Waals surface area (Å²) in [4.78, 5) is 13.0. The van der Waals surface area contributed by atoms with E-state index in [1.165, 1.54) is 23.1 Å². The molecule has 220 valence electrons. The van der Waals surface area contributed by atoms with Gasteiger partial charge in [0.05, 0.1) is 27.7 Å². The van der Waals surface area contributed by atoms with Gasteiger partial charge in [-0.3, -0.25) is 9.89 Å². The van der Waals surface area contributed by atoms with Crippen molar-refractivity contribution in [2.24, 2.45) is 0 Å². The second kappa shape index (κ2) is 12.1. The number of carbonyl (C=O) groups excluding carboxylic acids is 1. The molecule has 1 aliphatic heterocycles. The van der Waals surface area contributed by atoms with Gasteiger partial charge in [0, 0.05) is 45.5 Å². The molecule has 0 atom stereocenters. The van der Waals surface area contributed by atoms with Gasteiger partial charge >= 0.3 is 0 Å². The van der Waals surface area contributed by atoms with Crippen LogP contribution in [-0.2, 0) is 9.53 Å². The predicted octanol–water partition coefficient (Wildman–Crippen LogP) is 5.80. The van der Waals surface area contributed by atoms with Crippen LogP contribution in [0.5, 0.6) is 0 Å². The zero-order valence-electron chi connectivity index (χ0n) is 24.4. The average Bonchev–Trinajstić information content (AvgIpc) is 3.23. The smallest absolute Gasteiger partial charge is 0.245 e. The molecule has 0 spiro atoms. The largest absolute Gasteiger partial charge is 0.384 e.